The number of methoxy groups -OCH3 is 1. The molecule has 0 spiro atoms. The first kappa shape index (κ1) is 15.3. The van der Waals surface area contributed by atoms with Gasteiger partial charge < -0.3 is 15.4 Å². The lowest BCUT2D eigenvalue weighted by atomic mass is 10.2. The topological polar surface area (TPSA) is 67.4 Å². The lowest BCUT2D eigenvalue weighted by Crippen LogP contribution is -2.32. The highest BCUT2D eigenvalue weighted by atomic mass is 35.5. The lowest BCUT2D eigenvalue weighted by Gasteiger charge is -2.10. The van der Waals surface area contributed by atoms with Gasteiger partial charge in [0.05, 0.1) is 12.8 Å². The van der Waals surface area contributed by atoms with Crippen LogP contribution in [0.25, 0.3) is 0 Å². The summed E-state index contributed by atoms with van der Waals surface area (Å²) in [6, 6.07) is 7.12. The van der Waals surface area contributed by atoms with Gasteiger partial charge in [0.1, 0.15) is 11.1 Å². The van der Waals surface area contributed by atoms with E-state index in [4.69, 9.17) is 16.3 Å². The molecule has 0 radical (unpaired) electrons. The number of amides is 2. The van der Waals surface area contributed by atoms with Gasteiger partial charge >= 0.3 is 0 Å². The summed E-state index contributed by atoms with van der Waals surface area (Å²) in [7, 11) is 1.53. The van der Waals surface area contributed by atoms with Crippen molar-refractivity contribution in [2.24, 2.45) is 0 Å². The summed E-state index contributed by atoms with van der Waals surface area (Å²) in [5, 5.41) is 4.68. The molecule has 104 valence electrons. The molecule has 0 bridgehead atoms. The average Bonchev–Trinajstić information content (AvgIpc) is 2.39. The van der Waals surface area contributed by atoms with Crippen molar-refractivity contribution in [2.45, 2.75) is 18.7 Å². The number of anilines is 1. The monoisotopic (exact) mass is 284 g/mol. The number of nitrogens with one attached hydrogen (secondary N) is 2. The van der Waals surface area contributed by atoms with E-state index >= 15 is 0 Å². The second-order valence-electron chi connectivity index (χ2n) is 3.91. The number of halogens is 1. The van der Waals surface area contributed by atoms with Crippen molar-refractivity contribution in [1.82, 2.24) is 5.32 Å². The van der Waals surface area contributed by atoms with Crippen molar-refractivity contribution in [3.8, 4) is 5.75 Å². The van der Waals surface area contributed by atoms with Crippen molar-refractivity contribution < 1.29 is 14.3 Å². The smallest absolute Gasteiger partial charge is 0.237 e. The highest BCUT2D eigenvalue weighted by Gasteiger charge is 2.10. The fourth-order valence-corrected chi connectivity index (χ4v) is 1.48. The van der Waals surface area contributed by atoms with Gasteiger partial charge in [-0.2, -0.15) is 0 Å². The summed E-state index contributed by atoms with van der Waals surface area (Å²) in [6.45, 7) is 1.82. The number of hydrogen-bond acceptors (Lipinski definition) is 3. The number of alkyl halides is 1. The second-order valence-corrected chi connectivity index (χ2v) is 4.56. The summed E-state index contributed by atoms with van der Waals surface area (Å²) in [6.07, 6.45) is 0.174. The van der Waals surface area contributed by atoms with Crippen LogP contribution in [0, 0.1) is 0 Å². The van der Waals surface area contributed by atoms with Crippen LogP contribution < -0.4 is 15.4 Å². The average molecular weight is 285 g/mol. The van der Waals surface area contributed by atoms with E-state index in [0.29, 0.717) is 11.4 Å². The van der Waals surface area contributed by atoms with Crippen molar-refractivity contribution in [3.05, 3.63) is 24.3 Å². The van der Waals surface area contributed by atoms with E-state index in [9.17, 15) is 9.59 Å². The first-order valence-corrected chi connectivity index (χ1v) is 6.33. The van der Waals surface area contributed by atoms with E-state index in [1.165, 1.54) is 7.11 Å². The van der Waals surface area contributed by atoms with Gasteiger partial charge in [-0.3, -0.25) is 9.59 Å². The summed E-state index contributed by atoms with van der Waals surface area (Å²) in [5.41, 5.74) is 0.604. The maximum Gasteiger partial charge on any atom is 0.237 e. The Balaban J connectivity index is 2.41. The third kappa shape index (κ3) is 5.18. The number of rotatable bonds is 6. The van der Waals surface area contributed by atoms with E-state index in [-0.39, 0.29) is 24.8 Å². The molecule has 0 fully saturated rings. The number of para-hydroxylation sites is 2. The van der Waals surface area contributed by atoms with Gasteiger partial charge in [-0.1, -0.05) is 12.1 Å². The van der Waals surface area contributed by atoms with Gasteiger partial charge in [-0.25, -0.2) is 0 Å². The number of carbonyl (C=O) groups is 2. The highest BCUT2D eigenvalue weighted by molar-refractivity contribution is 6.30. The molecule has 0 aliphatic rings. The van der Waals surface area contributed by atoms with Gasteiger partial charge in [0.15, 0.2) is 0 Å². The standard InChI is InChI=1S/C13H17ClN2O3/c1-9(14)13(18)15-8-7-12(17)16-10-5-3-4-6-11(10)19-2/h3-6,9H,7-8H2,1-2H3,(H,15,18)(H,16,17). The molecule has 2 N–H and O–H groups in total. The number of hydrogen-bond donors (Lipinski definition) is 2. The Morgan fingerprint density at radius 2 is 2.05 bits per heavy atom. The zero-order chi connectivity index (χ0) is 14.3. The SMILES string of the molecule is COc1ccccc1NC(=O)CCNC(=O)C(C)Cl. The van der Waals surface area contributed by atoms with Crippen LogP contribution >= 0.6 is 11.6 Å². The Kier molecular flexibility index (Phi) is 6.15. The molecule has 0 heterocycles. The quantitative estimate of drug-likeness (QED) is 0.782. The fourth-order valence-electron chi connectivity index (χ4n) is 1.40. The van der Waals surface area contributed by atoms with E-state index in [1.807, 2.05) is 6.07 Å². The van der Waals surface area contributed by atoms with Crippen LogP contribution in [0.4, 0.5) is 5.69 Å². The molecular formula is C13H17ClN2O3. The summed E-state index contributed by atoms with van der Waals surface area (Å²) in [4.78, 5) is 22.9. The summed E-state index contributed by atoms with van der Waals surface area (Å²) in [5.74, 6) is 0.105. The van der Waals surface area contributed by atoms with Gasteiger partial charge in [0.2, 0.25) is 11.8 Å². The second kappa shape index (κ2) is 7.63. The van der Waals surface area contributed by atoms with Crippen LogP contribution in [-0.4, -0.2) is 30.8 Å². The number of carbonyl (C=O) groups excluding carboxylic acids is 2. The largest absolute Gasteiger partial charge is 0.495 e. The molecule has 19 heavy (non-hydrogen) atoms. The molecule has 0 saturated heterocycles. The van der Waals surface area contributed by atoms with E-state index in [2.05, 4.69) is 10.6 Å². The minimum absolute atomic E-state index is 0.174. The van der Waals surface area contributed by atoms with Crippen LogP contribution in [0.1, 0.15) is 13.3 Å². The molecule has 1 aromatic carbocycles. The van der Waals surface area contributed by atoms with Gasteiger partial charge in [-0.15, -0.1) is 11.6 Å². The summed E-state index contributed by atoms with van der Waals surface area (Å²) < 4.78 is 5.12. The normalized spacial score (nSPS) is 11.5. The van der Waals surface area contributed by atoms with Crippen molar-refractivity contribution in [2.75, 3.05) is 19.0 Å². The summed E-state index contributed by atoms with van der Waals surface area (Å²) >= 11 is 5.58. The Labute approximate surface area is 117 Å². The minimum Gasteiger partial charge on any atom is -0.495 e. The Morgan fingerprint density at radius 3 is 2.68 bits per heavy atom. The zero-order valence-electron chi connectivity index (χ0n) is 10.9. The molecular weight excluding hydrogens is 268 g/mol. The Bertz CT molecular complexity index is 449. The van der Waals surface area contributed by atoms with E-state index in [1.54, 1.807) is 25.1 Å². The first-order valence-electron chi connectivity index (χ1n) is 5.89. The number of ether oxygens (including phenoxy) is 1. The first-order chi connectivity index (χ1) is 9.04. The lowest BCUT2D eigenvalue weighted by molar-refractivity contribution is -0.120. The third-order valence-electron chi connectivity index (χ3n) is 2.39. The van der Waals surface area contributed by atoms with Gasteiger partial charge in [0, 0.05) is 13.0 Å². The van der Waals surface area contributed by atoms with Crippen LogP contribution in [-0.2, 0) is 9.59 Å². The van der Waals surface area contributed by atoms with Gasteiger partial charge in [0.25, 0.3) is 0 Å². The van der Waals surface area contributed by atoms with Crippen molar-refractivity contribution in [3.63, 3.8) is 0 Å². The molecule has 1 rings (SSSR count). The van der Waals surface area contributed by atoms with Crippen LogP contribution in [0.5, 0.6) is 5.75 Å². The molecule has 1 aromatic rings. The van der Waals surface area contributed by atoms with Crippen LogP contribution in [0.2, 0.25) is 0 Å². The Morgan fingerprint density at radius 1 is 1.37 bits per heavy atom. The van der Waals surface area contributed by atoms with Crippen molar-refractivity contribution >= 4 is 29.1 Å². The maximum atomic E-state index is 11.7. The predicted octanol–water partition coefficient (Wildman–Crippen LogP) is 1.77. The molecule has 0 saturated carbocycles. The van der Waals surface area contributed by atoms with E-state index in [0.717, 1.165) is 0 Å². The van der Waals surface area contributed by atoms with Crippen LogP contribution in [0.3, 0.4) is 0 Å². The third-order valence-corrected chi connectivity index (χ3v) is 2.59. The highest BCUT2D eigenvalue weighted by Crippen LogP contribution is 2.22. The molecule has 0 aliphatic heterocycles. The molecule has 1 unspecified atom stereocenters. The van der Waals surface area contributed by atoms with Gasteiger partial charge in [-0.05, 0) is 19.1 Å². The van der Waals surface area contributed by atoms with Crippen LogP contribution in [0.15, 0.2) is 24.3 Å². The molecule has 1 atom stereocenters. The molecule has 0 aliphatic carbocycles. The molecule has 0 aromatic heterocycles. The maximum absolute atomic E-state index is 11.7. The number of benzene rings is 1. The molecule has 2 amide bonds. The van der Waals surface area contributed by atoms with Crippen molar-refractivity contribution in [1.29, 1.82) is 0 Å². The fraction of sp³-hybridized carbons (Fsp3) is 0.385. The van der Waals surface area contributed by atoms with E-state index < -0.39 is 5.38 Å². The molecule has 6 heteroatoms. The Hall–Kier alpha value is -1.75. The zero-order valence-corrected chi connectivity index (χ0v) is 11.7. The predicted molar refractivity (Wildman–Crippen MR) is 74.6 cm³/mol. The minimum atomic E-state index is -0.600. The molecule has 5 nitrogen and oxygen atoms in total.